The third kappa shape index (κ3) is 2.34. The molecule has 19 heavy (non-hydrogen) atoms. The molecule has 1 aromatic heterocycles. The molecule has 0 amide bonds. The van der Waals surface area contributed by atoms with Gasteiger partial charge in [0.2, 0.25) is 0 Å². The van der Waals surface area contributed by atoms with E-state index in [1.54, 1.807) is 6.07 Å². The lowest BCUT2D eigenvalue weighted by Gasteiger charge is -2.38. The largest absolute Gasteiger partial charge is 0.351 e. The summed E-state index contributed by atoms with van der Waals surface area (Å²) < 4.78 is 22.9. The maximum absolute atomic E-state index is 11.4. The third-order valence-corrected chi connectivity index (χ3v) is 5.28. The SMILES string of the molecule is CS(=O)(=O)c1ccc(N2[C@@H]3CC[C@H]2CC(N)C3)nc1. The summed E-state index contributed by atoms with van der Waals surface area (Å²) >= 11 is 0. The van der Waals surface area contributed by atoms with Crippen LogP contribution in [-0.4, -0.2) is 37.8 Å². The molecule has 2 bridgehead atoms. The number of pyridine rings is 1. The van der Waals surface area contributed by atoms with Crippen molar-refractivity contribution in [3.8, 4) is 0 Å². The quantitative estimate of drug-likeness (QED) is 0.873. The van der Waals surface area contributed by atoms with Crippen molar-refractivity contribution in [3.63, 3.8) is 0 Å². The molecule has 2 aliphatic rings. The second-order valence-corrected chi connectivity index (χ2v) is 7.66. The summed E-state index contributed by atoms with van der Waals surface area (Å²) in [6, 6.07) is 4.68. The van der Waals surface area contributed by atoms with Gasteiger partial charge in [0.15, 0.2) is 9.84 Å². The molecule has 0 aliphatic carbocycles. The van der Waals surface area contributed by atoms with Crippen LogP contribution in [0.5, 0.6) is 0 Å². The predicted molar refractivity (Wildman–Crippen MR) is 73.8 cm³/mol. The summed E-state index contributed by atoms with van der Waals surface area (Å²) in [5, 5.41) is 0. The first kappa shape index (κ1) is 12.9. The molecule has 6 heteroatoms. The van der Waals surface area contributed by atoms with E-state index in [2.05, 4.69) is 9.88 Å². The number of rotatable bonds is 2. The van der Waals surface area contributed by atoms with Gasteiger partial charge in [-0.05, 0) is 37.8 Å². The summed E-state index contributed by atoms with van der Waals surface area (Å²) in [5.41, 5.74) is 6.05. The maximum Gasteiger partial charge on any atom is 0.177 e. The molecule has 5 nitrogen and oxygen atoms in total. The lowest BCUT2D eigenvalue weighted by atomic mass is 9.98. The fourth-order valence-electron chi connectivity index (χ4n) is 3.34. The molecule has 3 atom stereocenters. The summed E-state index contributed by atoms with van der Waals surface area (Å²) in [5.74, 6) is 0.881. The average Bonchev–Trinajstić information content (AvgIpc) is 2.61. The molecule has 3 rings (SSSR count). The fourth-order valence-corrected chi connectivity index (χ4v) is 3.90. The second-order valence-electron chi connectivity index (χ2n) is 5.65. The lowest BCUT2D eigenvalue weighted by molar-refractivity contribution is 0.412. The van der Waals surface area contributed by atoms with Crippen molar-refractivity contribution in [3.05, 3.63) is 18.3 Å². The Bertz CT molecular complexity index is 556. The molecule has 0 spiro atoms. The minimum atomic E-state index is -3.17. The molecule has 1 unspecified atom stereocenters. The number of nitrogens with zero attached hydrogens (tertiary/aromatic N) is 2. The van der Waals surface area contributed by atoms with Gasteiger partial charge in [-0.1, -0.05) is 0 Å². The minimum Gasteiger partial charge on any atom is -0.351 e. The zero-order chi connectivity index (χ0) is 13.6. The van der Waals surface area contributed by atoms with E-state index >= 15 is 0 Å². The first-order valence-corrected chi connectivity index (χ1v) is 8.54. The van der Waals surface area contributed by atoms with Crippen LogP contribution in [0, 0.1) is 0 Å². The average molecular weight is 281 g/mol. The van der Waals surface area contributed by atoms with Crippen molar-refractivity contribution in [2.24, 2.45) is 5.73 Å². The van der Waals surface area contributed by atoms with Gasteiger partial charge in [-0.25, -0.2) is 13.4 Å². The number of piperidine rings is 1. The number of sulfone groups is 1. The standard InChI is InChI=1S/C13H19N3O2S/c1-19(17,18)12-4-5-13(15-8-12)16-10-2-3-11(16)7-9(14)6-10/h4-5,8-11H,2-3,6-7,14H2,1H3/t9?,10-,11+. The zero-order valence-corrected chi connectivity index (χ0v) is 11.8. The fraction of sp³-hybridized carbons (Fsp3) is 0.615. The highest BCUT2D eigenvalue weighted by atomic mass is 32.2. The number of aromatic nitrogens is 1. The van der Waals surface area contributed by atoms with Gasteiger partial charge in [0, 0.05) is 30.6 Å². The van der Waals surface area contributed by atoms with Crippen LogP contribution in [0.3, 0.4) is 0 Å². The molecular weight excluding hydrogens is 262 g/mol. The van der Waals surface area contributed by atoms with Gasteiger partial charge in [0.05, 0.1) is 4.90 Å². The van der Waals surface area contributed by atoms with Crippen LogP contribution in [0.15, 0.2) is 23.2 Å². The maximum atomic E-state index is 11.4. The van der Waals surface area contributed by atoms with Gasteiger partial charge in [-0.3, -0.25) is 0 Å². The van der Waals surface area contributed by atoms with Gasteiger partial charge >= 0.3 is 0 Å². The van der Waals surface area contributed by atoms with E-state index in [-0.39, 0.29) is 4.90 Å². The predicted octanol–water partition coefficient (Wildman–Crippen LogP) is 0.944. The van der Waals surface area contributed by atoms with Crippen LogP contribution in [0.4, 0.5) is 5.82 Å². The molecule has 0 saturated carbocycles. The number of fused-ring (bicyclic) bond motifs is 2. The first-order chi connectivity index (χ1) is 8.95. The van der Waals surface area contributed by atoms with Crippen molar-refractivity contribution in [1.82, 2.24) is 4.98 Å². The number of anilines is 1. The summed E-state index contributed by atoms with van der Waals surface area (Å²) in [7, 11) is -3.17. The van der Waals surface area contributed by atoms with Crippen LogP contribution in [0.25, 0.3) is 0 Å². The molecule has 2 N–H and O–H groups in total. The highest BCUT2D eigenvalue weighted by Crippen LogP contribution is 2.37. The second kappa shape index (κ2) is 4.45. The summed E-state index contributed by atoms with van der Waals surface area (Å²) in [6.45, 7) is 0. The Labute approximate surface area is 113 Å². The van der Waals surface area contributed by atoms with Crippen molar-refractivity contribution in [1.29, 1.82) is 0 Å². The van der Waals surface area contributed by atoms with Crippen molar-refractivity contribution >= 4 is 15.7 Å². The van der Waals surface area contributed by atoms with Gasteiger partial charge in [0.25, 0.3) is 0 Å². The van der Waals surface area contributed by atoms with Crippen LogP contribution < -0.4 is 10.6 Å². The Morgan fingerprint density at radius 1 is 1.26 bits per heavy atom. The summed E-state index contributed by atoms with van der Waals surface area (Å²) in [4.78, 5) is 6.94. The Kier molecular flexibility index (Phi) is 3.02. The normalized spacial score (nSPS) is 30.6. The lowest BCUT2D eigenvalue weighted by Crippen LogP contribution is -2.47. The van der Waals surface area contributed by atoms with E-state index in [4.69, 9.17) is 5.73 Å². The van der Waals surface area contributed by atoms with Crippen molar-refractivity contribution in [2.45, 2.75) is 48.7 Å². The molecule has 0 aromatic carbocycles. The zero-order valence-electron chi connectivity index (χ0n) is 11.0. The molecule has 3 heterocycles. The monoisotopic (exact) mass is 281 g/mol. The van der Waals surface area contributed by atoms with E-state index in [9.17, 15) is 8.42 Å². The topological polar surface area (TPSA) is 76.3 Å². The third-order valence-electron chi connectivity index (χ3n) is 4.18. The van der Waals surface area contributed by atoms with Crippen molar-refractivity contribution < 1.29 is 8.42 Å². The Morgan fingerprint density at radius 3 is 2.37 bits per heavy atom. The molecule has 1 aromatic rings. The Morgan fingerprint density at radius 2 is 1.89 bits per heavy atom. The number of hydrogen-bond acceptors (Lipinski definition) is 5. The van der Waals surface area contributed by atoms with E-state index in [1.807, 2.05) is 6.07 Å². The first-order valence-electron chi connectivity index (χ1n) is 6.65. The van der Waals surface area contributed by atoms with E-state index in [0.717, 1.165) is 31.5 Å². The highest BCUT2D eigenvalue weighted by Gasteiger charge is 2.40. The minimum absolute atomic E-state index is 0.275. The van der Waals surface area contributed by atoms with Crippen LogP contribution in [-0.2, 0) is 9.84 Å². The van der Waals surface area contributed by atoms with Gasteiger partial charge < -0.3 is 10.6 Å². The van der Waals surface area contributed by atoms with Crippen molar-refractivity contribution in [2.75, 3.05) is 11.2 Å². The summed E-state index contributed by atoms with van der Waals surface area (Å²) in [6.07, 6.45) is 6.99. The molecule has 2 saturated heterocycles. The van der Waals surface area contributed by atoms with E-state index in [1.165, 1.54) is 12.5 Å². The number of nitrogens with two attached hydrogens (primary N) is 1. The smallest absolute Gasteiger partial charge is 0.177 e. The van der Waals surface area contributed by atoms with Gasteiger partial charge in [-0.2, -0.15) is 0 Å². The Balaban J connectivity index is 1.88. The molecule has 0 radical (unpaired) electrons. The van der Waals surface area contributed by atoms with E-state index < -0.39 is 9.84 Å². The highest BCUT2D eigenvalue weighted by molar-refractivity contribution is 7.90. The molecule has 2 aliphatic heterocycles. The number of hydrogen-bond donors (Lipinski definition) is 1. The molecular formula is C13H19N3O2S. The van der Waals surface area contributed by atoms with Crippen LogP contribution in [0.2, 0.25) is 0 Å². The molecule has 2 fully saturated rings. The Hall–Kier alpha value is -1.14. The van der Waals surface area contributed by atoms with Crippen LogP contribution >= 0.6 is 0 Å². The van der Waals surface area contributed by atoms with E-state index in [0.29, 0.717) is 18.1 Å². The van der Waals surface area contributed by atoms with Gasteiger partial charge in [0.1, 0.15) is 5.82 Å². The van der Waals surface area contributed by atoms with Gasteiger partial charge in [-0.15, -0.1) is 0 Å². The van der Waals surface area contributed by atoms with Crippen LogP contribution in [0.1, 0.15) is 25.7 Å². The molecule has 104 valence electrons.